The first-order valence-electron chi connectivity index (χ1n) is 19.0. The van der Waals surface area contributed by atoms with Crippen LogP contribution in [-0.2, 0) is 0 Å². The highest BCUT2D eigenvalue weighted by atomic mass is 32.1. The molecule has 0 unspecified atom stereocenters. The summed E-state index contributed by atoms with van der Waals surface area (Å²) in [4.78, 5) is 2.52. The molecule has 0 amide bonds. The van der Waals surface area contributed by atoms with Gasteiger partial charge in [0.25, 0.3) is 0 Å². The van der Waals surface area contributed by atoms with Gasteiger partial charge in [-0.1, -0.05) is 148 Å². The minimum absolute atomic E-state index is 1.18. The molecule has 0 fully saturated rings. The molecule has 2 aliphatic heterocycles. The zero-order chi connectivity index (χ0) is 36.3. The van der Waals surface area contributed by atoms with Crippen LogP contribution in [0.1, 0.15) is 0 Å². The summed E-state index contributed by atoms with van der Waals surface area (Å²) in [5, 5.41) is 11.5. The van der Waals surface area contributed by atoms with Crippen molar-refractivity contribution in [1.82, 2.24) is 0 Å². The van der Waals surface area contributed by atoms with Crippen LogP contribution in [0.2, 0.25) is 26.2 Å². The Morgan fingerprint density at radius 3 is 1.81 bits per heavy atom. The van der Waals surface area contributed by atoms with Gasteiger partial charge >= 0.3 is 0 Å². The lowest BCUT2D eigenvalue weighted by molar-refractivity contribution is 1.29. The molecular weight excluding hydrogens is 703 g/mol. The Kier molecular flexibility index (Phi) is 6.80. The van der Waals surface area contributed by atoms with Crippen molar-refractivity contribution >= 4 is 96.2 Å². The van der Waals surface area contributed by atoms with Crippen LogP contribution in [0.5, 0.6) is 0 Å². The summed E-state index contributed by atoms with van der Waals surface area (Å²) in [6, 6.07) is 62.1. The molecule has 9 aromatic rings. The molecule has 0 aliphatic carbocycles. The number of anilines is 3. The van der Waals surface area contributed by atoms with Crippen LogP contribution >= 0.6 is 11.3 Å². The van der Waals surface area contributed by atoms with E-state index in [1.54, 1.807) is 10.4 Å². The van der Waals surface area contributed by atoms with Crippen molar-refractivity contribution in [2.24, 2.45) is 0 Å². The molecule has 0 N–H and O–H groups in total. The summed E-state index contributed by atoms with van der Waals surface area (Å²) in [6.07, 6.45) is 0. The summed E-state index contributed by atoms with van der Waals surface area (Å²) in [6.45, 7) is 10.1. The summed E-state index contributed by atoms with van der Waals surface area (Å²) in [7, 11) is -3.88. The fourth-order valence-corrected chi connectivity index (χ4v) is 17.2. The molecule has 11 rings (SSSR count). The smallest absolute Gasteiger partial charge is 0.114 e. The van der Waals surface area contributed by atoms with Crippen molar-refractivity contribution in [2.75, 3.05) is 4.90 Å². The van der Waals surface area contributed by atoms with Gasteiger partial charge in [-0.15, -0.1) is 11.3 Å². The van der Waals surface area contributed by atoms with E-state index in [1.807, 2.05) is 11.3 Å². The van der Waals surface area contributed by atoms with E-state index in [1.165, 1.54) is 91.8 Å². The van der Waals surface area contributed by atoms with Gasteiger partial charge in [-0.2, -0.15) is 0 Å². The van der Waals surface area contributed by atoms with E-state index in [0.29, 0.717) is 0 Å². The highest BCUT2D eigenvalue weighted by molar-refractivity contribution is 7.26. The maximum Gasteiger partial charge on any atom is 0.114 e. The van der Waals surface area contributed by atoms with Crippen LogP contribution in [0.15, 0.2) is 164 Å². The van der Waals surface area contributed by atoms with E-state index < -0.39 is 16.1 Å². The quantitative estimate of drug-likeness (QED) is 0.162. The SMILES string of the molecule is C[Si]1(C)c2ccccc2-c2ccc(N(c3ccc(-c4cccc5ccccc45)cc3)c3ccc4c(c3)[Si](C)(C)c3ccc5c(sc6ccccc65)c3-4)cc21. The van der Waals surface area contributed by atoms with Gasteiger partial charge in [0.2, 0.25) is 0 Å². The van der Waals surface area contributed by atoms with Crippen LogP contribution in [0, 0.1) is 0 Å². The standard InChI is InChI=1S/C50H39NSSi2/c1-53(2)45-19-10-8-16-40(45)41-26-24-35(30-47(41)53)51(34-22-20-33(21-23-34)38-17-11-13-32-12-5-6-14-37(32)38)36-25-27-43-48(31-36)54(3,4)46-29-28-42-39-15-7-9-18-44(39)52-50(42)49(43)46/h5-31H,1-4H3. The molecule has 0 bridgehead atoms. The third-order valence-electron chi connectivity index (χ3n) is 12.5. The number of fused-ring (bicyclic) bond motifs is 11. The van der Waals surface area contributed by atoms with Gasteiger partial charge in [0, 0.05) is 37.2 Å². The average molecular weight is 742 g/mol. The van der Waals surface area contributed by atoms with Crippen molar-refractivity contribution in [3.05, 3.63) is 164 Å². The lowest BCUT2D eigenvalue weighted by Crippen LogP contribution is -2.49. The topological polar surface area (TPSA) is 3.24 Å². The number of nitrogens with zero attached hydrogens (tertiary/aromatic N) is 1. The fraction of sp³-hybridized carbons (Fsp3) is 0.0800. The van der Waals surface area contributed by atoms with Gasteiger partial charge in [-0.3, -0.25) is 0 Å². The molecule has 258 valence electrons. The highest BCUT2D eigenvalue weighted by Crippen LogP contribution is 2.44. The van der Waals surface area contributed by atoms with E-state index in [-0.39, 0.29) is 0 Å². The van der Waals surface area contributed by atoms with Crippen LogP contribution < -0.4 is 25.6 Å². The third-order valence-corrected chi connectivity index (χ3v) is 20.7. The number of benzene rings is 8. The number of thiophene rings is 1. The molecule has 4 heteroatoms. The first kappa shape index (κ1) is 32.0. The molecule has 0 saturated carbocycles. The predicted octanol–water partition coefficient (Wildman–Crippen LogP) is 12.0. The number of hydrogen-bond acceptors (Lipinski definition) is 2. The lowest BCUT2D eigenvalue weighted by atomic mass is 9.98. The van der Waals surface area contributed by atoms with Crippen molar-refractivity contribution < 1.29 is 0 Å². The van der Waals surface area contributed by atoms with Crippen LogP contribution in [0.4, 0.5) is 17.1 Å². The molecular formula is C50H39NSSi2. The van der Waals surface area contributed by atoms with Gasteiger partial charge in [0.05, 0.1) is 0 Å². The Balaban J connectivity index is 1.09. The Morgan fingerprint density at radius 2 is 1.00 bits per heavy atom. The summed E-state index contributed by atoms with van der Waals surface area (Å²) >= 11 is 1.96. The third kappa shape index (κ3) is 4.48. The average Bonchev–Trinajstić information content (AvgIpc) is 3.78. The second-order valence-corrected chi connectivity index (χ2v) is 25.8. The van der Waals surface area contributed by atoms with Crippen molar-refractivity contribution in [3.63, 3.8) is 0 Å². The van der Waals surface area contributed by atoms with E-state index in [0.717, 1.165) is 0 Å². The van der Waals surface area contributed by atoms with Gasteiger partial charge < -0.3 is 4.90 Å². The second kappa shape index (κ2) is 11.5. The second-order valence-electron chi connectivity index (χ2n) is 16.1. The number of hydrogen-bond donors (Lipinski definition) is 0. The summed E-state index contributed by atoms with van der Waals surface area (Å²) < 4.78 is 2.81. The minimum Gasteiger partial charge on any atom is -0.311 e. The lowest BCUT2D eigenvalue weighted by Gasteiger charge is -2.29. The number of rotatable bonds is 4. The van der Waals surface area contributed by atoms with Crippen LogP contribution in [-0.4, -0.2) is 16.1 Å². The zero-order valence-electron chi connectivity index (χ0n) is 30.9. The fourth-order valence-electron chi connectivity index (χ4n) is 9.67. The molecule has 0 radical (unpaired) electrons. The Bertz CT molecular complexity index is 3000. The summed E-state index contributed by atoms with van der Waals surface area (Å²) in [5.74, 6) is 0. The van der Waals surface area contributed by atoms with E-state index in [4.69, 9.17) is 0 Å². The molecule has 0 atom stereocenters. The van der Waals surface area contributed by atoms with E-state index in [9.17, 15) is 0 Å². The minimum atomic E-state index is -2.00. The van der Waals surface area contributed by atoms with Crippen LogP contribution in [0.3, 0.4) is 0 Å². The van der Waals surface area contributed by atoms with Crippen molar-refractivity contribution in [1.29, 1.82) is 0 Å². The first-order chi connectivity index (χ1) is 26.3. The Hall–Kier alpha value is -5.53. The van der Waals surface area contributed by atoms with Crippen molar-refractivity contribution in [2.45, 2.75) is 26.2 Å². The zero-order valence-corrected chi connectivity index (χ0v) is 33.8. The molecule has 8 aromatic carbocycles. The van der Waals surface area contributed by atoms with Gasteiger partial charge in [-0.05, 0) is 107 Å². The van der Waals surface area contributed by atoms with Gasteiger partial charge in [-0.25, -0.2) is 0 Å². The highest BCUT2D eigenvalue weighted by Gasteiger charge is 2.40. The largest absolute Gasteiger partial charge is 0.311 e. The molecule has 3 heterocycles. The van der Waals surface area contributed by atoms with Crippen LogP contribution in [0.25, 0.3) is 64.3 Å². The molecule has 2 aliphatic rings. The molecule has 1 nitrogen and oxygen atoms in total. The predicted molar refractivity (Wildman–Crippen MR) is 241 cm³/mol. The van der Waals surface area contributed by atoms with Gasteiger partial charge in [0.15, 0.2) is 0 Å². The monoisotopic (exact) mass is 741 g/mol. The molecule has 54 heavy (non-hydrogen) atoms. The molecule has 1 aromatic heterocycles. The van der Waals surface area contributed by atoms with Gasteiger partial charge in [0.1, 0.15) is 16.1 Å². The molecule has 0 spiro atoms. The normalized spacial score (nSPS) is 14.6. The maximum absolute atomic E-state index is 2.55. The molecule has 0 saturated heterocycles. The van der Waals surface area contributed by atoms with E-state index >= 15 is 0 Å². The Labute approximate surface area is 322 Å². The van der Waals surface area contributed by atoms with Crippen molar-refractivity contribution in [3.8, 4) is 33.4 Å². The van der Waals surface area contributed by atoms with E-state index in [2.05, 4.69) is 195 Å². The first-order valence-corrected chi connectivity index (χ1v) is 25.8. The summed E-state index contributed by atoms with van der Waals surface area (Å²) in [5.41, 5.74) is 11.8. The maximum atomic E-state index is 2.55. The Morgan fingerprint density at radius 1 is 0.407 bits per heavy atom.